The Bertz CT molecular complexity index is 682. The van der Waals surface area contributed by atoms with Crippen LogP contribution >= 0.6 is 0 Å². The van der Waals surface area contributed by atoms with E-state index in [-0.39, 0.29) is 11.1 Å². The molecular weight excluding hydrogens is 308 g/mol. The molecule has 24 heavy (non-hydrogen) atoms. The fourth-order valence-corrected chi connectivity index (χ4v) is 2.84. The van der Waals surface area contributed by atoms with E-state index in [1.165, 1.54) is 5.56 Å². The second-order valence-corrected chi connectivity index (χ2v) is 6.62. The molecule has 0 aliphatic rings. The average Bonchev–Trinajstić information content (AvgIpc) is 2.54. The van der Waals surface area contributed by atoms with E-state index in [4.69, 9.17) is 0 Å². The highest BCUT2D eigenvalue weighted by Crippen LogP contribution is 2.32. The Morgan fingerprint density at radius 1 is 0.917 bits per heavy atom. The van der Waals surface area contributed by atoms with Crippen LogP contribution in [0.25, 0.3) is 6.08 Å². The van der Waals surface area contributed by atoms with Crippen LogP contribution in [0, 0.1) is 0 Å². The summed E-state index contributed by atoms with van der Waals surface area (Å²) in [6, 6.07) is 13.6. The molecule has 0 bridgehead atoms. The Hall–Kier alpha value is -1.97. The standard InChI is InChI=1S/C20H21BF3/c1-5-15-6-8-16(9-7-15)14(2)21-19(3,4)17-10-12-18(13-11-17)20(22,23)24/h5-14H,1H2,2-4H3. The summed E-state index contributed by atoms with van der Waals surface area (Å²) in [7, 11) is 2.17. The van der Waals surface area contributed by atoms with Crippen LogP contribution < -0.4 is 0 Å². The SMILES string of the molecule is C=Cc1ccc(C(C)[B]C(C)(C)c2ccc(C(F)(F)F)cc2)cc1. The summed E-state index contributed by atoms with van der Waals surface area (Å²) in [6.45, 7) is 9.87. The molecule has 125 valence electrons. The van der Waals surface area contributed by atoms with Crippen molar-refractivity contribution in [2.45, 2.75) is 38.1 Å². The van der Waals surface area contributed by atoms with E-state index in [0.717, 1.165) is 23.3 Å². The number of alkyl halides is 3. The van der Waals surface area contributed by atoms with Crippen LogP contribution in [0.1, 0.15) is 48.8 Å². The lowest BCUT2D eigenvalue weighted by Gasteiger charge is -2.28. The molecule has 4 heteroatoms. The quantitative estimate of drug-likeness (QED) is 0.586. The average molecular weight is 329 g/mol. The van der Waals surface area contributed by atoms with Crippen molar-refractivity contribution in [3.05, 3.63) is 77.4 Å². The summed E-state index contributed by atoms with van der Waals surface area (Å²) in [5, 5.41) is -0.333. The van der Waals surface area contributed by atoms with Gasteiger partial charge in [0.2, 0.25) is 0 Å². The van der Waals surface area contributed by atoms with Crippen molar-refractivity contribution in [3.63, 3.8) is 0 Å². The summed E-state index contributed by atoms with van der Waals surface area (Å²) in [4.78, 5) is 0. The van der Waals surface area contributed by atoms with E-state index in [1.54, 1.807) is 18.2 Å². The van der Waals surface area contributed by atoms with E-state index >= 15 is 0 Å². The molecule has 0 amide bonds. The lowest BCUT2D eigenvalue weighted by Crippen LogP contribution is -2.29. The first-order valence-electron chi connectivity index (χ1n) is 7.89. The fourth-order valence-electron chi connectivity index (χ4n) is 2.84. The maximum absolute atomic E-state index is 12.7. The smallest absolute Gasteiger partial charge is 0.166 e. The lowest BCUT2D eigenvalue weighted by atomic mass is 9.44. The van der Waals surface area contributed by atoms with E-state index in [1.807, 2.05) is 26.0 Å². The van der Waals surface area contributed by atoms with Crippen LogP contribution in [0.3, 0.4) is 0 Å². The molecule has 2 rings (SSSR count). The summed E-state index contributed by atoms with van der Waals surface area (Å²) in [5.74, 6) is 0.182. The lowest BCUT2D eigenvalue weighted by molar-refractivity contribution is -0.137. The number of hydrogen-bond acceptors (Lipinski definition) is 0. The van der Waals surface area contributed by atoms with Crippen molar-refractivity contribution >= 4 is 13.4 Å². The summed E-state index contributed by atoms with van der Waals surface area (Å²) >= 11 is 0. The molecule has 1 atom stereocenters. The van der Waals surface area contributed by atoms with E-state index in [0.29, 0.717) is 0 Å². The second kappa shape index (κ2) is 6.88. The molecule has 1 radical (unpaired) electrons. The predicted molar refractivity (Wildman–Crippen MR) is 95.2 cm³/mol. The zero-order chi connectivity index (χ0) is 18.0. The maximum atomic E-state index is 12.7. The van der Waals surface area contributed by atoms with E-state index in [2.05, 4.69) is 32.9 Å². The first kappa shape index (κ1) is 18.4. The topological polar surface area (TPSA) is 0 Å². The van der Waals surface area contributed by atoms with Gasteiger partial charge in [0.25, 0.3) is 0 Å². The number of halogens is 3. The highest BCUT2D eigenvalue weighted by Gasteiger charge is 2.31. The number of benzene rings is 2. The van der Waals surface area contributed by atoms with Crippen LogP contribution in [-0.4, -0.2) is 7.28 Å². The molecule has 2 aromatic carbocycles. The van der Waals surface area contributed by atoms with Crippen LogP contribution in [0.4, 0.5) is 13.2 Å². The minimum Gasteiger partial charge on any atom is -0.166 e. The molecule has 0 fully saturated rings. The summed E-state index contributed by atoms with van der Waals surface area (Å²) in [6.07, 6.45) is -2.50. The normalized spacial score (nSPS) is 13.4. The van der Waals surface area contributed by atoms with Gasteiger partial charge in [-0.05, 0) is 28.8 Å². The van der Waals surface area contributed by atoms with Gasteiger partial charge in [0.15, 0.2) is 0 Å². The van der Waals surface area contributed by atoms with E-state index in [9.17, 15) is 13.2 Å². The van der Waals surface area contributed by atoms with Gasteiger partial charge in [-0.2, -0.15) is 13.2 Å². The van der Waals surface area contributed by atoms with Crippen molar-refractivity contribution < 1.29 is 13.2 Å². The highest BCUT2D eigenvalue weighted by atomic mass is 19.4. The fraction of sp³-hybridized carbons (Fsp3) is 0.300. The van der Waals surface area contributed by atoms with Crippen molar-refractivity contribution in [2.75, 3.05) is 0 Å². The molecule has 0 N–H and O–H groups in total. The Kier molecular flexibility index (Phi) is 5.27. The van der Waals surface area contributed by atoms with Gasteiger partial charge in [-0.15, -0.1) is 0 Å². The minimum absolute atomic E-state index is 0.182. The highest BCUT2D eigenvalue weighted by molar-refractivity contribution is 6.42. The van der Waals surface area contributed by atoms with Gasteiger partial charge in [0.1, 0.15) is 7.28 Å². The minimum atomic E-state index is -4.30. The zero-order valence-corrected chi connectivity index (χ0v) is 14.2. The van der Waals surface area contributed by atoms with Crippen molar-refractivity contribution in [3.8, 4) is 0 Å². The van der Waals surface area contributed by atoms with Crippen LogP contribution in [0.2, 0.25) is 0 Å². The third kappa shape index (κ3) is 4.31. The molecule has 0 saturated carbocycles. The second-order valence-electron chi connectivity index (χ2n) is 6.62. The Labute approximate surface area is 142 Å². The Balaban J connectivity index is 2.15. The molecule has 0 aliphatic heterocycles. The van der Waals surface area contributed by atoms with Gasteiger partial charge in [-0.3, -0.25) is 0 Å². The number of rotatable bonds is 5. The maximum Gasteiger partial charge on any atom is 0.416 e. The Morgan fingerprint density at radius 3 is 1.88 bits per heavy atom. The molecule has 2 aromatic rings. The molecule has 0 saturated heterocycles. The monoisotopic (exact) mass is 329 g/mol. The molecular formula is C20H21BF3. The third-order valence-corrected chi connectivity index (χ3v) is 4.32. The van der Waals surface area contributed by atoms with Crippen LogP contribution in [-0.2, 0) is 11.5 Å². The molecule has 0 spiro atoms. The van der Waals surface area contributed by atoms with Crippen molar-refractivity contribution in [1.82, 2.24) is 0 Å². The zero-order valence-electron chi connectivity index (χ0n) is 14.2. The summed E-state index contributed by atoms with van der Waals surface area (Å²) < 4.78 is 38.1. The number of hydrogen-bond donors (Lipinski definition) is 0. The molecule has 1 unspecified atom stereocenters. The van der Waals surface area contributed by atoms with Crippen LogP contribution in [0.5, 0.6) is 0 Å². The van der Waals surface area contributed by atoms with Crippen LogP contribution in [0.15, 0.2) is 55.1 Å². The molecule has 0 aromatic heterocycles. The van der Waals surface area contributed by atoms with Gasteiger partial charge in [0.05, 0.1) is 5.56 Å². The van der Waals surface area contributed by atoms with Crippen molar-refractivity contribution in [1.29, 1.82) is 0 Å². The molecule has 0 nitrogen and oxygen atoms in total. The predicted octanol–water partition coefficient (Wildman–Crippen LogP) is 6.05. The first-order chi connectivity index (χ1) is 11.1. The van der Waals surface area contributed by atoms with Gasteiger partial charge in [-0.25, -0.2) is 0 Å². The first-order valence-corrected chi connectivity index (χ1v) is 7.89. The molecule has 0 aliphatic carbocycles. The van der Waals surface area contributed by atoms with Gasteiger partial charge >= 0.3 is 6.18 Å². The van der Waals surface area contributed by atoms with Crippen molar-refractivity contribution in [2.24, 2.45) is 0 Å². The third-order valence-electron chi connectivity index (χ3n) is 4.32. The van der Waals surface area contributed by atoms with Gasteiger partial charge in [0, 0.05) is 0 Å². The Morgan fingerprint density at radius 2 is 1.42 bits per heavy atom. The summed E-state index contributed by atoms with van der Waals surface area (Å²) in [5.41, 5.74) is 2.48. The van der Waals surface area contributed by atoms with Gasteiger partial charge < -0.3 is 0 Å². The van der Waals surface area contributed by atoms with E-state index < -0.39 is 11.7 Å². The molecule has 0 heterocycles. The largest absolute Gasteiger partial charge is 0.416 e. The van der Waals surface area contributed by atoms with Gasteiger partial charge in [-0.1, -0.05) is 81.0 Å².